The van der Waals surface area contributed by atoms with Gasteiger partial charge in [0.25, 0.3) is 0 Å². The van der Waals surface area contributed by atoms with Gasteiger partial charge in [-0.1, -0.05) is 24.3 Å². The molecule has 1 aliphatic heterocycles. The van der Waals surface area contributed by atoms with Crippen molar-refractivity contribution in [1.82, 2.24) is 15.5 Å². The van der Waals surface area contributed by atoms with Crippen molar-refractivity contribution in [2.45, 2.75) is 12.6 Å². The zero-order valence-electron chi connectivity index (χ0n) is 17.5. The lowest BCUT2D eigenvalue weighted by Crippen LogP contribution is -2.46. The minimum Gasteiger partial charge on any atom is -0.379 e. The number of guanidine groups is 1. The molecule has 3 rings (SSSR count). The van der Waals surface area contributed by atoms with Crippen LogP contribution in [0.1, 0.15) is 27.5 Å². The molecule has 0 aliphatic carbocycles. The average molecular weight is 541 g/mol. The van der Waals surface area contributed by atoms with E-state index in [9.17, 15) is 9.18 Å². The monoisotopic (exact) mass is 541 g/mol. The number of aliphatic imine (C=N–C) groups is 1. The number of nitrogens with one attached hydrogen (secondary N) is 2. The molecule has 1 heterocycles. The van der Waals surface area contributed by atoms with Crippen LogP contribution in [0.5, 0.6) is 0 Å². The highest BCUT2D eigenvalue weighted by atomic mass is 127. The number of morpholine rings is 1. The predicted octanol–water partition coefficient (Wildman–Crippen LogP) is 2.28. The van der Waals surface area contributed by atoms with E-state index in [0.29, 0.717) is 37.8 Å². The van der Waals surface area contributed by atoms with E-state index in [1.165, 1.54) is 12.1 Å². The van der Waals surface area contributed by atoms with E-state index in [-0.39, 0.29) is 35.8 Å². The number of nitrogens with zero attached hydrogens (tertiary/aromatic N) is 2. The third-order valence-corrected chi connectivity index (χ3v) is 5.13. The molecule has 168 valence electrons. The lowest BCUT2D eigenvalue weighted by molar-refractivity contribution is 0.0170. The fraction of sp³-hybridized carbons (Fsp3) is 0.364. The van der Waals surface area contributed by atoms with Gasteiger partial charge in [-0.3, -0.25) is 14.7 Å². The summed E-state index contributed by atoms with van der Waals surface area (Å²) < 4.78 is 18.9. The van der Waals surface area contributed by atoms with Crippen molar-refractivity contribution in [1.29, 1.82) is 0 Å². The van der Waals surface area contributed by atoms with Crippen LogP contribution < -0.4 is 16.4 Å². The van der Waals surface area contributed by atoms with E-state index in [4.69, 9.17) is 10.5 Å². The summed E-state index contributed by atoms with van der Waals surface area (Å²) in [5, 5.41) is 6.64. The Hall–Kier alpha value is -2.24. The number of primary amides is 1. The molecule has 0 radical (unpaired) electrons. The van der Waals surface area contributed by atoms with E-state index >= 15 is 0 Å². The first-order valence-corrected chi connectivity index (χ1v) is 9.97. The molecule has 2 aromatic carbocycles. The number of ether oxygens (including phenoxy) is 1. The van der Waals surface area contributed by atoms with Crippen LogP contribution in [0.3, 0.4) is 0 Å². The van der Waals surface area contributed by atoms with Crippen molar-refractivity contribution in [2.75, 3.05) is 39.9 Å². The van der Waals surface area contributed by atoms with Gasteiger partial charge in [0.1, 0.15) is 5.82 Å². The molecule has 1 unspecified atom stereocenters. The van der Waals surface area contributed by atoms with Gasteiger partial charge in [0.05, 0.1) is 19.3 Å². The number of nitrogens with two attached hydrogens (primary N) is 1. The molecular weight excluding hydrogens is 512 g/mol. The fourth-order valence-electron chi connectivity index (χ4n) is 3.42. The lowest BCUT2D eigenvalue weighted by Gasteiger charge is -2.35. The number of amides is 1. The second-order valence-corrected chi connectivity index (χ2v) is 7.08. The van der Waals surface area contributed by atoms with Gasteiger partial charge in [-0.2, -0.15) is 0 Å². The molecule has 4 N–H and O–H groups in total. The van der Waals surface area contributed by atoms with Gasteiger partial charge in [-0.05, 0) is 35.4 Å². The Morgan fingerprint density at radius 3 is 2.35 bits per heavy atom. The van der Waals surface area contributed by atoms with E-state index < -0.39 is 5.91 Å². The maximum absolute atomic E-state index is 13.4. The normalized spacial score (nSPS) is 15.6. The fourth-order valence-corrected chi connectivity index (χ4v) is 3.42. The van der Waals surface area contributed by atoms with Gasteiger partial charge < -0.3 is 21.1 Å². The van der Waals surface area contributed by atoms with Gasteiger partial charge in [0.2, 0.25) is 5.91 Å². The van der Waals surface area contributed by atoms with Crippen molar-refractivity contribution in [3.8, 4) is 0 Å². The van der Waals surface area contributed by atoms with Gasteiger partial charge >= 0.3 is 0 Å². The molecule has 1 amide bonds. The van der Waals surface area contributed by atoms with E-state index in [0.717, 1.165) is 24.2 Å². The molecule has 0 spiro atoms. The Balaban J connectivity index is 0.00000341. The van der Waals surface area contributed by atoms with Crippen LogP contribution in [0.25, 0.3) is 0 Å². The third-order valence-electron chi connectivity index (χ3n) is 5.13. The predicted molar refractivity (Wildman–Crippen MR) is 130 cm³/mol. The molecule has 1 aliphatic rings. The highest BCUT2D eigenvalue weighted by molar-refractivity contribution is 14.0. The van der Waals surface area contributed by atoms with Crippen LogP contribution in [-0.4, -0.2) is 56.7 Å². The average Bonchev–Trinajstić information content (AvgIpc) is 2.78. The van der Waals surface area contributed by atoms with Crippen molar-refractivity contribution in [3.05, 3.63) is 71.0 Å². The standard InChI is InChI=1S/C22H28FN5O2.HI/c1-25-22(26-14-16-2-4-18(5-3-16)21(24)29)27-15-20(28-10-12-30-13-11-28)17-6-8-19(23)9-7-17;/h2-9,20H,10-15H2,1H3,(H2,24,29)(H2,25,26,27);1H. The molecule has 0 aromatic heterocycles. The number of carbonyl (C=O) groups is 1. The number of rotatable bonds is 7. The van der Waals surface area contributed by atoms with E-state index in [1.54, 1.807) is 19.2 Å². The maximum atomic E-state index is 13.4. The summed E-state index contributed by atoms with van der Waals surface area (Å²) in [5.74, 6) is -0.0245. The minimum absolute atomic E-state index is 0. The number of halogens is 2. The van der Waals surface area contributed by atoms with Crippen molar-refractivity contribution >= 4 is 35.8 Å². The number of carbonyl (C=O) groups excluding carboxylic acids is 1. The van der Waals surface area contributed by atoms with Crippen molar-refractivity contribution in [2.24, 2.45) is 10.7 Å². The summed E-state index contributed by atoms with van der Waals surface area (Å²) in [6.45, 7) is 4.19. The zero-order chi connectivity index (χ0) is 21.3. The van der Waals surface area contributed by atoms with Gasteiger partial charge in [0.15, 0.2) is 5.96 Å². The molecule has 1 saturated heterocycles. The highest BCUT2D eigenvalue weighted by Gasteiger charge is 2.23. The molecule has 2 aromatic rings. The van der Waals surface area contributed by atoms with Crippen molar-refractivity contribution in [3.63, 3.8) is 0 Å². The zero-order valence-corrected chi connectivity index (χ0v) is 19.8. The topological polar surface area (TPSA) is 92.0 Å². The SMILES string of the molecule is CN=C(NCc1ccc(C(N)=O)cc1)NCC(c1ccc(F)cc1)N1CCOCC1.I. The van der Waals surface area contributed by atoms with Crippen LogP contribution in [-0.2, 0) is 11.3 Å². The molecule has 7 nitrogen and oxygen atoms in total. The summed E-state index contributed by atoms with van der Waals surface area (Å²) >= 11 is 0. The lowest BCUT2D eigenvalue weighted by atomic mass is 10.0. The Morgan fingerprint density at radius 1 is 1.13 bits per heavy atom. The first-order valence-electron chi connectivity index (χ1n) is 9.97. The molecule has 0 saturated carbocycles. The summed E-state index contributed by atoms with van der Waals surface area (Å²) in [4.78, 5) is 17.8. The summed E-state index contributed by atoms with van der Waals surface area (Å²) in [6, 6.07) is 13.8. The summed E-state index contributed by atoms with van der Waals surface area (Å²) in [6.07, 6.45) is 0. The summed E-state index contributed by atoms with van der Waals surface area (Å²) in [5.41, 5.74) is 7.81. The van der Waals surface area contributed by atoms with Crippen molar-refractivity contribution < 1.29 is 13.9 Å². The summed E-state index contributed by atoms with van der Waals surface area (Å²) in [7, 11) is 1.72. The number of hydrogen-bond acceptors (Lipinski definition) is 4. The first kappa shape index (κ1) is 25.0. The third kappa shape index (κ3) is 7.44. The second-order valence-electron chi connectivity index (χ2n) is 7.08. The Bertz CT molecular complexity index is 855. The van der Waals surface area contributed by atoms with Gasteiger partial charge in [-0.15, -0.1) is 24.0 Å². The quantitative estimate of drug-likeness (QED) is 0.284. The largest absolute Gasteiger partial charge is 0.379 e. The van der Waals surface area contributed by atoms with Gasteiger partial charge in [0, 0.05) is 38.8 Å². The molecule has 31 heavy (non-hydrogen) atoms. The minimum atomic E-state index is -0.443. The maximum Gasteiger partial charge on any atom is 0.248 e. The van der Waals surface area contributed by atoms with E-state index in [1.807, 2.05) is 24.3 Å². The molecule has 9 heteroatoms. The molecule has 0 bridgehead atoms. The van der Waals surface area contributed by atoms with E-state index in [2.05, 4.69) is 20.5 Å². The van der Waals surface area contributed by atoms with Crippen LogP contribution in [0, 0.1) is 5.82 Å². The second kappa shape index (κ2) is 12.6. The van der Waals surface area contributed by atoms with Crippen LogP contribution in [0.15, 0.2) is 53.5 Å². The smallest absolute Gasteiger partial charge is 0.248 e. The number of benzene rings is 2. The molecular formula is C22H29FIN5O2. The highest BCUT2D eigenvalue weighted by Crippen LogP contribution is 2.21. The Morgan fingerprint density at radius 2 is 1.77 bits per heavy atom. The Labute approximate surface area is 199 Å². The van der Waals surface area contributed by atoms with Crippen LogP contribution in [0.2, 0.25) is 0 Å². The molecule has 1 atom stereocenters. The van der Waals surface area contributed by atoms with Crippen LogP contribution >= 0.6 is 24.0 Å². The Kier molecular flexibility index (Phi) is 10.2. The number of hydrogen-bond donors (Lipinski definition) is 3. The first-order chi connectivity index (χ1) is 14.6. The molecule has 1 fully saturated rings. The van der Waals surface area contributed by atoms with Gasteiger partial charge in [-0.25, -0.2) is 4.39 Å². The van der Waals surface area contributed by atoms with Crippen LogP contribution in [0.4, 0.5) is 4.39 Å².